The topological polar surface area (TPSA) is 78.9 Å². The lowest BCUT2D eigenvalue weighted by Gasteiger charge is -2.28. The van der Waals surface area contributed by atoms with Gasteiger partial charge in [0.2, 0.25) is 5.91 Å². The molecule has 6 nitrogen and oxygen atoms in total. The van der Waals surface area contributed by atoms with E-state index in [1.807, 2.05) is 30.3 Å². The van der Waals surface area contributed by atoms with E-state index in [2.05, 4.69) is 5.32 Å². The van der Waals surface area contributed by atoms with E-state index in [0.29, 0.717) is 32.1 Å². The number of amides is 2. The van der Waals surface area contributed by atoms with Crippen LogP contribution in [0.3, 0.4) is 0 Å². The van der Waals surface area contributed by atoms with Crippen molar-refractivity contribution < 1.29 is 19.4 Å². The molecule has 0 spiro atoms. The highest BCUT2D eigenvalue weighted by Crippen LogP contribution is 2.19. The minimum atomic E-state index is -1.10. The van der Waals surface area contributed by atoms with Gasteiger partial charge in [-0.3, -0.25) is 4.79 Å². The van der Waals surface area contributed by atoms with Crippen molar-refractivity contribution in [3.8, 4) is 0 Å². The van der Waals surface area contributed by atoms with Gasteiger partial charge in [-0.1, -0.05) is 18.2 Å². The monoisotopic (exact) mass is 324 g/mol. The van der Waals surface area contributed by atoms with Gasteiger partial charge < -0.3 is 20.1 Å². The molecule has 2 N–H and O–H groups in total. The molecule has 120 valence electrons. The first-order valence-electron chi connectivity index (χ1n) is 7.18. The van der Waals surface area contributed by atoms with E-state index < -0.39 is 12.1 Å². The van der Waals surface area contributed by atoms with Crippen molar-refractivity contribution >= 4 is 23.8 Å². The Bertz CT molecular complexity index is 492. The Hall–Kier alpha value is -1.73. The number of carbonyl (C=O) groups is 2. The Labute approximate surface area is 133 Å². The molecule has 0 aromatic heterocycles. The van der Waals surface area contributed by atoms with Gasteiger partial charge >= 0.3 is 6.09 Å². The normalized spacial score (nSPS) is 16.1. The van der Waals surface area contributed by atoms with E-state index in [1.165, 1.54) is 11.8 Å². The lowest BCUT2D eigenvalue weighted by atomic mass is 10.2. The van der Waals surface area contributed by atoms with Gasteiger partial charge in [0.1, 0.15) is 0 Å². The Kier molecular flexibility index (Phi) is 6.54. The van der Waals surface area contributed by atoms with Gasteiger partial charge in [-0.2, -0.15) is 0 Å². The molecule has 1 aliphatic rings. The van der Waals surface area contributed by atoms with Crippen molar-refractivity contribution in [2.24, 2.45) is 0 Å². The highest BCUT2D eigenvalue weighted by Gasteiger charge is 2.22. The van der Waals surface area contributed by atoms with Crippen molar-refractivity contribution in [1.82, 2.24) is 10.2 Å². The first-order chi connectivity index (χ1) is 10.6. The summed E-state index contributed by atoms with van der Waals surface area (Å²) in [5.41, 5.74) is 0. The number of carbonyl (C=O) groups excluding carboxylic acids is 1. The van der Waals surface area contributed by atoms with Gasteiger partial charge in [0.25, 0.3) is 0 Å². The fourth-order valence-corrected chi connectivity index (χ4v) is 3.14. The molecular formula is C15H20N2O4S. The molecule has 0 radical (unpaired) electrons. The summed E-state index contributed by atoms with van der Waals surface area (Å²) in [5.74, 6) is 0.488. The minimum absolute atomic E-state index is 0.0317. The van der Waals surface area contributed by atoms with Gasteiger partial charge in [0.05, 0.1) is 19.3 Å². The zero-order valence-electron chi connectivity index (χ0n) is 12.2. The first-order valence-corrected chi connectivity index (χ1v) is 8.16. The van der Waals surface area contributed by atoms with E-state index in [4.69, 9.17) is 9.84 Å². The third-order valence-corrected chi connectivity index (χ3v) is 4.48. The fourth-order valence-electron chi connectivity index (χ4n) is 2.19. The van der Waals surface area contributed by atoms with Gasteiger partial charge in [-0.05, 0) is 12.1 Å². The van der Waals surface area contributed by atoms with Crippen LogP contribution in [-0.4, -0.2) is 60.1 Å². The number of rotatable bonds is 6. The SMILES string of the molecule is O=C(O)NC(CSc1ccccc1)CC(=O)N1CCOCC1. The van der Waals surface area contributed by atoms with Gasteiger partial charge in [0, 0.05) is 30.2 Å². The third kappa shape index (κ3) is 5.57. The van der Waals surface area contributed by atoms with Crippen LogP contribution in [0.5, 0.6) is 0 Å². The number of ether oxygens (including phenoxy) is 1. The maximum Gasteiger partial charge on any atom is 0.404 e. The fraction of sp³-hybridized carbons (Fsp3) is 0.467. The summed E-state index contributed by atoms with van der Waals surface area (Å²) in [4.78, 5) is 25.9. The van der Waals surface area contributed by atoms with Crippen LogP contribution >= 0.6 is 11.8 Å². The molecule has 1 unspecified atom stereocenters. The number of carboxylic acid groups (broad SMARTS) is 1. The Balaban J connectivity index is 1.87. The predicted octanol–water partition coefficient (Wildman–Crippen LogP) is 1.66. The maximum absolute atomic E-state index is 12.2. The number of thioether (sulfide) groups is 1. The quantitative estimate of drug-likeness (QED) is 0.778. The lowest BCUT2D eigenvalue weighted by Crippen LogP contribution is -2.45. The van der Waals surface area contributed by atoms with Crippen LogP contribution < -0.4 is 5.32 Å². The number of hydrogen-bond acceptors (Lipinski definition) is 4. The Morgan fingerprint density at radius 1 is 1.27 bits per heavy atom. The van der Waals surface area contributed by atoms with Gasteiger partial charge in [-0.15, -0.1) is 11.8 Å². The van der Waals surface area contributed by atoms with E-state index >= 15 is 0 Å². The Morgan fingerprint density at radius 2 is 1.95 bits per heavy atom. The summed E-state index contributed by atoms with van der Waals surface area (Å²) < 4.78 is 5.22. The van der Waals surface area contributed by atoms with Crippen molar-refractivity contribution in [3.63, 3.8) is 0 Å². The van der Waals surface area contributed by atoms with Crippen LogP contribution in [0, 0.1) is 0 Å². The predicted molar refractivity (Wildman–Crippen MR) is 84.1 cm³/mol. The molecule has 1 aromatic carbocycles. The number of hydrogen-bond donors (Lipinski definition) is 2. The summed E-state index contributed by atoms with van der Waals surface area (Å²) >= 11 is 1.54. The van der Waals surface area contributed by atoms with Gasteiger partial charge in [-0.25, -0.2) is 4.79 Å². The molecule has 1 fully saturated rings. The molecule has 1 aliphatic heterocycles. The second kappa shape index (κ2) is 8.65. The van der Waals surface area contributed by atoms with Gasteiger partial charge in [0.15, 0.2) is 0 Å². The van der Waals surface area contributed by atoms with E-state index in [9.17, 15) is 9.59 Å². The average molecular weight is 324 g/mol. The summed E-state index contributed by atoms with van der Waals surface area (Å²) in [6.07, 6.45) is -0.931. The molecule has 7 heteroatoms. The zero-order chi connectivity index (χ0) is 15.8. The maximum atomic E-state index is 12.2. The second-order valence-electron chi connectivity index (χ2n) is 4.97. The molecular weight excluding hydrogens is 304 g/mol. The highest BCUT2D eigenvalue weighted by atomic mass is 32.2. The molecule has 22 heavy (non-hydrogen) atoms. The largest absolute Gasteiger partial charge is 0.465 e. The summed E-state index contributed by atoms with van der Waals surface area (Å²) in [6.45, 7) is 2.23. The van der Waals surface area contributed by atoms with Crippen LogP contribution in [0.25, 0.3) is 0 Å². The smallest absolute Gasteiger partial charge is 0.404 e. The zero-order valence-corrected chi connectivity index (χ0v) is 13.1. The second-order valence-corrected chi connectivity index (χ2v) is 6.06. The average Bonchev–Trinajstić information content (AvgIpc) is 2.54. The molecule has 0 saturated carbocycles. The Morgan fingerprint density at radius 3 is 2.59 bits per heavy atom. The van der Waals surface area contributed by atoms with Crippen molar-refractivity contribution in [3.05, 3.63) is 30.3 Å². The summed E-state index contributed by atoms with van der Waals surface area (Å²) in [5, 5.41) is 11.4. The van der Waals surface area contributed by atoms with Crippen molar-refractivity contribution in [1.29, 1.82) is 0 Å². The summed E-state index contributed by atoms with van der Waals surface area (Å²) in [7, 11) is 0. The minimum Gasteiger partial charge on any atom is -0.465 e. The molecule has 2 amide bonds. The van der Waals surface area contributed by atoms with Crippen LogP contribution in [0.1, 0.15) is 6.42 Å². The summed E-state index contributed by atoms with van der Waals surface area (Å²) in [6, 6.07) is 9.32. The first kappa shape index (κ1) is 16.6. The van der Waals surface area contributed by atoms with Crippen molar-refractivity contribution in [2.45, 2.75) is 17.4 Å². The molecule has 1 aromatic rings. The third-order valence-electron chi connectivity index (χ3n) is 3.31. The van der Waals surface area contributed by atoms with Crippen LogP contribution in [0.15, 0.2) is 35.2 Å². The molecule has 1 heterocycles. The number of nitrogens with one attached hydrogen (secondary N) is 1. The van der Waals surface area contributed by atoms with E-state index in [1.54, 1.807) is 4.90 Å². The number of nitrogens with zero attached hydrogens (tertiary/aromatic N) is 1. The standard InChI is InChI=1S/C15H20N2O4S/c18-14(17-6-8-21-9-7-17)10-12(16-15(19)20)11-22-13-4-2-1-3-5-13/h1-5,12,16H,6-11H2,(H,19,20). The lowest BCUT2D eigenvalue weighted by molar-refractivity contribution is -0.135. The molecule has 1 saturated heterocycles. The number of benzene rings is 1. The highest BCUT2D eigenvalue weighted by molar-refractivity contribution is 7.99. The molecule has 0 bridgehead atoms. The van der Waals surface area contributed by atoms with Crippen LogP contribution in [0.2, 0.25) is 0 Å². The van der Waals surface area contributed by atoms with E-state index in [0.717, 1.165) is 4.90 Å². The van der Waals surface area contributed by atoms with Crippen LogP contribution in [0.4, 0.5) is 4.79 Å². The van der Waals surface area contributed by atoms with Crippen LogP contribution in [-0.2, 0) is 9.53 Å². The van der Waals surface area contributed by atoms with Crippen molar-refractivity contribution in [2.75, 3.05) is 32.1 Å². The number of morpholine rings is 1. The van der Waals surface area contributed by atoms with E-state index in [-0.39, 0.29) is 12.3 Å². The molecule has 0 aliphatic carbocycles. The molecule has 1 atom stereocenters. The molecule has 2 rings (SSSR count).